The molecular weight excluding hydrogens is 358 g/mol. The van der Waals surface area contributed by atoms with Gasteiger partial charge in [-0.15, -0.1) is 0 Å². The summed E-state index contributed by atoms with van der Waals surface area (Å²) in [6, 6.07) is 7.78. The van der Waals surface area contributed by atoms with Gasteiger partial charge in [0.2, 0.25) is 0 Å². The second kappa shape index (κ2) is 8.29. The Kier molecular flexibility index (Phi) is 8.33. The Morgan fingerprint density at radius 1 is 0.682 bits per heavy atom. The molecule has 2 aromatic rings. The number of hydrogen-bond acceptors (Lipinski definition) is 8. The second-order valence-corrected chi connectivity index (χ2v) is 5.56. The van der Waals surface area contributed by atoms with Gasteiger partial charge in [-0.25, -0.2) is 16.8 Å². The minimum Gasteiger partial charge on any atom is -0.716 e. The third kappa shape index (κ3) is 6.32. The Hall–Kier alpha value is 0.120. The normalized spacial score (nSPS) is 11.2. The van der Waals surface area contributed by atoms with Crippen molar-refractivity contribution in [1.82, 2.24) is 0 Å². The average molecular weight is 364 g/mol. The zero-order valence-electron chi connectivity index (χ0n) is 11.5. The summed E-state index contributed by atoms with van der Waals surface area (Å²) < 4.78 is 72.1. The van der Waals surface area contributed by atoms with Crippen LogP contribution < -0.4 is 67.5 Å². The van der Waals surface area contributed by atoms with Crippen molar-refractivity contribution in [3.8, 4) is 11.5 Å². The van der Waals surface area contributed by atoms with Crippen molar-refractivity contribution in [3.63, 3.8) is 0 Å². The van der Waals surface area contributed by atoms with Gasteiger partial charge >= 0.3 is 59.1 Å². The number of benzene rings is 2. The van der Waals surface area contributed by atoms with Crippen LogP contribution >= 0.6 is 0 Å². The van der Waals surface area contributed by atoms with Gasteiger partial charge in [0.05, 0.1) is 0 Å². The Balaban J connectivity index is 0.00000220. The zero-order valence-corrected chi connectivity index (χ0v) is 17.2. The smallest absolute Gasteiger partial charge is 0.716 e. The number of rotatable bonds is 4. The molecule has 0 amide bonds. The molecule has 0 fully saturated rings. The molecule has 0 aromatic heterocycles. The van der Waals surface area contributed by atoms with Gasteiger partial charge in [-0.3, -0.25) is 0 Å². The molecule has 0 aliphatic heterocycles. The first-order valence-corrected chi connectivity index (χ1v) is 7.65. The van der Waals surface area contributed by atoms with E-state index in [0.29, 0.717) is 0 Å². The van der Waals surface area contributed by atoms with Crippen LogP contribution in [0.4, 0.5) is 0 Å². The van der Waals surface area contributed by atoms with Crippen LogP contribution in [-0.2, 0) is 20.8 Å². The quantitative estimate of drug-likeness (QED) is 0.298. The van der Waals surface area contributed by atoms with E-state index in [2.05, 4.69) is 8.37 Å². The summed E-state index contributed by atoms with van der Waals surface area (Å²) in [7, 11) is -9.97. The summed E-state index contributed by atoms with van der Waals surface area (Å²) in [6.07, 6.45) is 0. The standard InChI is InChI=1S/C10H8O8S2.2Na/c11-19(12,13)17-9-5-6-10(18-20(14,15)16)8-4-2-1-3-7(8)9;;/h1-6H,(H,11,12,13)(H,14,15,16);;/q;2*+1/p-2. The number of fused-ring (bicyclic) bond motifs is 1. The predicted molar refractivity (Wildman–Crippen MR) is 64.6 cm³/mol. The zero-order chi connectivity index (χ0) is 15.0. The molecule has 0 spiro atoms. The molecule has 0 saturated carbocycles. The van der Waals surface area contributed by atoms with Crippen molar-refractivity contribution in [3.05, 3.63) is 36.4 Å². The third-order valence-electron chi connectivity index (χ3n) is 2.23. The van der Waals surface area contributed by atoms with Crippen LogP contribution in [0.2, 0.25) is 0 Å². The van der Waals surface area contributed by atoms with Crippen molar-refractivity contribution in [2.24, 2.45) is 0 Å². The molecule has 0 aliphatic carbocycles. The van der Waals surface area contributed by atoms with Gasteiger partial charge in [0.1, 0.15) is 11.5 Å². The van der Waals surface area contributed by atoms with Crippen molar-refractivity contribution < 1.29 is 93.4 Å². The Morgan fingerprint density at radius 2 is 1.00 bits per heavy atom. The van der Waals surface area contributed by atoms with Crippen LogP contribution in [0.25, 0.3) is 10.8 Å². The fraction of sp³-hybridized carbons (Fsp3) is 0. The fourth-order valence-corrected chi connectivity index (χ4v) is 2.34. The largest absolute Gasteiger partial charge is 1.00 e. The Bertz CT molecular complexity index is 791. The van der Waals surface area contributed by atoms with Crippen LogP contribution in [0, 0.1) is 0 Å². The summed E-state index contributed by atoms with van der Waals surface area (Å²) in [5.41, 5.74) is 0. The molecule has 0 aliphatic rings. The molecule has 0 radical (unpaired) electrons. The first kappa shape index (κ1) is 22.1. The van der Waals surface area contributed by atoms with Crippen LogP contribution in [0.15, 0.2) is 36.4 Å². The van der Waals surface area contributed by atoms with E-state index in [1.807, 2.05) is 0 Å². The van der Waals surface area contributed by atoms with Gasteiger partial charge in [-0.05, 0) is 12.1 Å². The van der Waals surface area contributed by atoms with E-state index in [1.165, 1.54) is 24.3 Å². The monoisotopic (exact) mass is 364 g/mol. The van der Waals surface area contributed by atoms with Gasteiger partial charge in [0.25, 0.3) is 20.8 Å². The minimum atomic E-state index is -4.99. The van der Waals surface area contributed by atoms with Crippen LogP contribution in [-0.4, -0.2) is 25.9 Å². The van der Waals surface area contributed by atoms with Gasteiger partial charge in [0, 0.05) is 10.8 Å². The van der Waals surface area contributed by atoms with Gasteiger partial charge in [-0.1, -0.05) is 24.3 Å². The summed E-state index contributed by atoms with van der Waals surface area (Å²) in [5, 5.41) is 0.209. The van der Waals surface area contributed by atoms with Gasteiger partial charge in [0.15, 0.2) is 0 Å². The molecule has 12 heteroatoms. The molecular formula is C10H6Na2O8S2. The molecule has 2 aromatic carbocycles. The van der Waals surface area contributed by atoms with E-state index in [9.17, 15) is 25.9 Å². The van der Waals surface area contributed by atoms with Crippen LogP contribution in [0.3, 0.4) is 0 Å². The second-order valence-electron chi connectivity index (χ2n) is 3.59. The molecule has 0 bridgehead atoms. The maximum atomic E-state index is 10.6. The van der Waals surface area contributed by atoms with E-state index in [1.54, 1.807) is 0 Å². The van der Waals surface area contributed by atoms with Gasteiger partial charge < -0.3 is 17.5 Å². The Labute approximate surface area is 171 Å². The molecule has 0 heterocycles. The van der Waals surface area contributed by atoms with E-state index in [4.69, 9.17) is 0 Å². The predicted octanol–water partition coefficient (Wildman–Crippen LogP) is -5.47. The van der Waals surface area contributed by atoms with Crippen molar-refractivity contribution in [1.29, 1.82) is 0 Å². The van der Waals surface area contributed by atoms with E-state index in [0.717, 1.165) is 12.1 Å². The van der Waals surface area contributed by atoms with Gasteiger partial charge in [-0.2, -0.15) is 0 Å². The SMILES string of the molecule is O=S(=O)([O-])Oc1ccc(OS(=O)(=O)[O-])c2ccccc12.[Na+].[Na+]. The maximum Gasteiger partial charge on any atom is 1.00 e. The average Bonchev–Trinajstić information content (AvgIpc) is 2.29. The molecule has 8 nitrogen and oxygen atoms in total. The summed E-state index contributed by atoms with van der Waals surface area (Å²) in [4.78, 5) is 0. The number of hydrogen-bond donors (Lipinski definition) is 0. The van der Waals surface area contributed by atoms with Crippen LogP contribution in [0.5, 0.6) is 11.5 Å². The van der Waals surface area contributed by atoms with Crippen molar-refractivity contribution in [2.45, 2.75) is 0 Å². The first-order chi connectivity index (χ1) is 9.16. The van der Waals surface area contributed by atoms with Crippen molar-refractivity contribution in [2.75, 3.05) is 0 Å². The molecule has 22 heavy (non-hydrogen) atoms. The Morgan fingerprint density at radius 3 is 1.27 bits per heavy atom. The van der Waals surface area contributed by atoms with E-state index < -0.39 is 20.8 Å². The molecule has 0 atom stereocenters. The molecule has 0 N–H and O–H groups in total. The summed E-state index contributed by atoms with van der Waals surface area (Å²) >= 11 is 0. The fourth-order valence-electron chi connectivity index (χ4n) is 1.61. The van der Waals surface area contributed by atoms with E-state index in [-0.39, 0.29) is 81.4 Å². The topological polar surface area (TPSA) is 133 Å². The maximum absolute atomic E-state index is 10.6. The minimum absolute atomic E-state index is 0. The summed E-state index contributed by atoms with van der Waals surface area (Å²) in [6.45, 7) is 0. The molecule has 108 valence electrons. The van der Waals surface area contributed by atoms with Crippen molar-refractivity contribution >= 4 is 31.6 Å². The van der Waals surface area contributed by atoms with E-state index >= 15 is 0 Å². The molecule has 2 rings (SSSR count). The van der Waals surface area contributed by atoms with Crippen LogP contribution in [0.1, 0.15) is 0 Å². The first-order valence-electron chi connectivity index (χ1n) is 4.98. The third-order valence-corrected chi connectivity index (χ3v) is 3.00. The molecule has 0 unspecified atom stereocenters. The molecule has 0 saturated heterocycles. The summed E-state index contributed by atoms with van der Waals surface area (Å²) in [5.74, 6) is -0.600.